The van der Waals surface area contributed by atoms with Crippen LogP contribution in [0.25, 0.3) is 93.2 Å². The van der Waals surface area contributed by atoms with E-state index in [1.165, 1.54) is 77.2 Å². The van der Waals surface area contributed by atoms with Crippen molar-refractivity contribution in [2.45, 2.75) is 55.4 Å². The SMILES string of the molecule is [C-]#[N+]c1cc(-n2c3ccccc3c3ccc(-c4c(C)cc(C)cc4C)cc32)c(-n2c3ccccc3c3ccc(-c4c(C)cc(C)cc4C)cc32)cc1-c1cc(C)nc(C)c1. The van der Waals surface area contributed by atoms with Crippen molar-refractivity contribution in [3.05, 3.63) is 190 Å². The molecule has 290 valence electrons. The molecule has 0 amide bonds. The fourth-order valence-electron chi connectivity index (χ4n) is 10.3. The van der Waals surface area contributed by atoms with E-state index in [9.17, 15) is 0 Å². The van der Waals surface area contributed by atoms with Gasteiger partial charge in [-0.2, -0.15) is 0 Å². The minimum absolute atomic E-state index is 0.596. The Kier molecular flexibility index (Phi) is 8.63. The molecule has 0 unspecified atom stereocenters. The molecule has 0 atom stereocenters. The molecule has 0 aliphatic rings. The van der Waals surface area contributed by atoms with Crippen LogP contribution in [0.5, 0.6) is 0 Å². The van der Waals surface area contributed by atoms with Crippen LogP contribution in [0.15, 0.2) is 133 Å². The van der Waals surface area contributed by atoms with Gasteiger partial charge >= 0.3 is 0 Å². The number of para-hydroxylation sites is 2. The summed E-state index contributed by atoms with van der Waals surface area (Å²) in [6.07, 6.45) is 0. The average Bonchev–Trinajstić information content (AvgIpc) is 3.71. The summed E-state index contributed by atoms with van der Waals surface area (Å²) >= 11 is 0. The number of fused-ring (bicyclic) bond motifs is 6. The molecule has 0 spiro atoms. The van der Waals surface area contributed by atoms with Gasteiger partial charge in [-0.05, 0) is 160 Å². The standard InChI is InChI=1S/C56H46N4/c1-32-22-34(3)55(35(4)23-32)40-18-20-45-43-14-10-12-16-49(43)59(51(45)28-40)53-30-47(42-26-38(7)58-39(8)27-42)48(57-9)31-54(53)60-50-17-13-11-15-44(50)46-21-19-41(29-52(46)60)56-36(5)24-33(2)25-37(56)6/h10-31H,1-8H3. The zero-order valence-electron chi connectivity index (χ0n) is 35.5. The lowest BCUT2D eigenvalue weighted by molar-refractivity contribution is 1.09. The van der Waals surface area contributed by atoms with Gasteiger partial charge in [-0.3, -0.25) is 4.98 Å². The zero-order valence-corrected chi connectivity index (χ0v) is 35.5. The Balaban J connectivity index is 1.37. The van der Waals surface area contributed by atoms with E-state index in [1.807, 2.05) is 13.8 Å². The highest BCUT2D eigenvalue weighted by Crippen LogP contribution is 2.45. The summed E-state index contributed by atoms with van der Waals surface area (Å²) in [5, 5.41) is 4.71. The topological polar surface area (TPSA) is 27.1 Å². The van der Waals surface area contributed by atoms with Crippen molar-refractivity contribution < 1.29 is 0 Å². The summed E-state index contributed by atoms with van der Waals surface area (Å²) in [5.41, 5.74) is 23.2. The van der Waals surface area contributed by atoms with E-state index in [4.69, 9.17) is 11.6 Å². The van der Waals surface area contributed by atoms with Gasteiger partial charge in [0.05, 0.1) is 40.0 Å². The highest BCUT2D eigenvalue weighted by Gasteiger charge is 2.24. The molecule has 7 aromatic carbocycles. The lowest BCUT2D eigenvalue weighted by Gasteiger charge is -2.20. The van der Waals surface area contributed by atoms with E-state index >= 15 is 0 Å². The second-order valence-electron chi connectivity index (χ2n) is 16.8. The summed E-state index contributed by atoms with van der Waals surface area (Å²) in [4.78, 5) is 8.99. The Morgan fingerprint density at radius 3 is 1.28 bits per heavy atom. The number of aryl methyl sites for hydroxylation is 8. The van der Waals surface area contributed by atoms with Gasteiger partial charge in [0.1, 0.15) is 0 Å². The van der Waals surface area contributed by atoms with Crippen molar-refractivity contribution in [2.75, 3.05) is 0 Å². The van der Waals surface area contributed by atoms with Gasteiger partial charge in [0, 0.05) is 32.9 Å². The molecule has 0 radical (unpaired) electrons. The molecule has 0 bridgehead atoms. The third kappa shape index (κ3) is 5.84. The third-order valence-electron chi connectivity index (χ3n) is 12.4. The maximum absolute atomic E-state index is 8.68. The molecule has 0 aliphatic heterocycles. The summed E-state index contributed by atoms with van der Waals surface area (Å²) in [6.45, 7) is 25.9. The molecule has 60 heavy (non-hydrogen) atoms. The molecule has 10 rings (SSSR count). The van der Waals surface area contributed by atoms with Crippen LogP contribution in [0.4, 0.5) is 5.69 Å². The summed E-state index contributed by atoms with van der Waals surface area (Å²) in [7, 11) is 0. The van der Waals surface area contributed by atoms with Crippen LogP contribution < -0.4 is 0 Å². The normalized spacial score (nSPS) is 11.7. The summed E-state index contributed by atoms with van der Waals surface area (Å²) in [5.74, 6) is 0. The van der Waals surface area contributed by atoms with Crippen LogP contribution in [0.3, 0.4) is 0 Å². The third-order valence-corrected chi connectivity index (χ3v) is 12.4. The number of aromatic nitrogens is 3. The molecule has 10 aromatic rings. The Labute approximate surface area is 351 Å². The predicted octanol–water partition coefficient (Wildman–Crippen LogP) is 15.3. The van der Waals surface area contributed by atoms with E-state index in [-0.39, 0.29) is 0 Å². The van der Waals surface area contributed by atoms with Crippen LogP contribution in [0.1, 0.15) is 44.8 Å². The maximum atomic E-state index is 8.68. The van der Waals surface area contributed by atoms with E-state index < -0.39 is 0 Å². The lowest BCUT2D eigenvalue weighted by Crippen LogP contribution is -2.05. The Hall–Kier alpha value is -7.22. The van der Waals surface area contributed by atoms with Gasteiger partial charge in [-0.1, -0.05) is 96.1 Å². The number of hydrogen-bond acceptors (Lipinski definition) is 1. The van der Waals surface area contributed by atoms with Crippen LogP contribution in [0.2, 0.25) is 0 Å². The first-order valence-corrected chi connectivity index (χ1v) is 20.7. The molecule has 0 saturated heterocycles. The largest absolute Gasteiger partial charge is 0.308 e. The zero-order chi connectivity index (χ0) is 41.6. The first kappa shape index (κ1) is 37.1. The fourth-order valence-corrected chi connectivity index (χ4v) is 10.3. The van der Waals surface area contributed by atoms with Gasteiger partial charge in [0.25, 0.3) is 0 Å². The molecule has 4 heteroatoms. The van der Waals surface area contributed by atoms with Gasteiger partial charge in [0.15, 0.2) is 5.69 Å². The molecule has 0 fully saturated rings. The van der Waals surface area contributed by atoms with Crippen molar-refractivity contribution in [1.29, 1.82) is 0 Å². The van der Waals surface area contributed by atoms with Gasteiger partial charge < -0.3 is 9.13 Å². The van der Waals surface area contributed by atoms with Crippen molar-refractivity contribution in [1.82, 2.24) is 14.1 Å². The molecule has 3 heterocycles. The highest BCUT2D eigenvalue weighted by atomic mass is 15.1. The smallest absolute Gasteiger partial charge is 0.197 e. The van der Waals surface area contributed by atoms with Crippen LogP contribution in [-0.2, 0) is 0 Å². The van der Waals surface area contributed by atoms with Crippen molar-refractivity contribution in [2.24, 2.45) is 0 Å². The quantitative estimate of drug-likeness (QED) is 0.160. The Morgan fingerprint density at radius 1 is 0.417 bits per heavy atom. The number of pyridine rings is 1. The molecule has 3 aromatic heterocycles. The van der Waals surface area contributed by atoms with Crippen LogP contribution >= 0.6 is 0 Å². The van der Waals surface area contributed by atoms with E-state index in [0.29, 0.717) is 5.69 Å². The van der Waals surface area contributed by atoms with Crippen LogP contribution in [0, 0.1) is 62.0 Å². The van der Waals surface area contributed by atoms with E-state index in [2.05, 4.69) is 189 Å². The van der Waals surface area contributed by atoms with Crippen LogP contribution in [-0.4, -0.2) is 14.1 Å². The summed E-state index contributed by atoms with van der Waals surface area (Å²) in [6, 6.07) is 49.0. The number of nitrogens with zero attached hydrogens (tertiary/aromatic N) is 4. The van der Waals surface area contributed by atoms with Crippen molar-refractivity contribution in [3.8, 4) is 44.8 Å². The first-order chi connectivity index (χ1) is 29.0. The van der Waals surface area contributed by atoms with Gasteiger partial charge in [-0.15, -0.1) is 0 Å². The molecule has 0 N–H and O–H groups in total. The van der Waals surface area contributed by atoms with Gasteiger partial charge in [-0.25, -0.2) is 4.85 Å². The molecular formula is C56H46N4. The average molecular weight is 775 g/mol. The summed E-state index contributed by atoms with van der Waals surface area (Å²) < 4.78 is 4.85. The van der Waals surface area contributed by atoms with Crippen molar-refractivity contribution >= 4 is 49.3 Å². The maximum Gasteiger partial charge on any atom is 0.197 e. The Bertz CT molecular complexity index is 3410. The Morgan fingerprint density at radius 2 is 0.833 bits per heavy atom. The lowest BCUT2D eigenvalue weighted by atomic mass is 9.93. The monoisotopic (exact) mass is 774 g/mol. The molecule has 0 aliphatic carbocycles. The first-order valence-electron chi connectivity index (χ1n) is 20.7. The minimum Gasteiger partial charge on any atom is -0.308 e. The second kappa shape index (κ2) is 14.0. The van der Waals surface area contributed by atoms with E-state index in [0.717, 1.165) is 56.0 Å². The van der Waals surface area contributed by atoms with E-state index in [1.54, 1.807) is 0 Å². The van der Waals surface area contributed by atoms with Gasteiger partial charge in [0.2, 0.25) is 0 Å². The molecule has 4 nitrogen and oxygen atoms in total. The minimum atomic E-state index is 0.596. The second-order valence-corrected chi connectivity index (χ2v) is 16.8. The fraction of sp³-hybridized carbons (Fsp3) is 0.143. The highest BCUT2D eigenvalue weighted by molar-refractivity contribution is 6.13. The predicted molar refractivity (Wildman–Crippen MR) is 253 cm³/mol. The van der Waals surface area contributed by atoms with Crippen molar-refractivity contribution in [3.63, 3.8) is 0 Å². The molecule has 0 saturated carbocycles. The number of benzene rings is 7. The molecular weight excluding hydrogens is 729 g/mol. The number of rotatable bonds is 5. The number of hydrogen-bond donors (Lipinski definition) is 0.